The van der Waals surface area contributed by atoms with Crippen LogP contribution in [0.4, 0.5) is 0 Å². The Balaban J connectivity index is 2.36. The molecular formula is C13H26N2O. The maximum Gasteiger partial charge on any atom is 0.222 e. The molecule has 0 aromatic carbocycles. The Morgan fingerprint density at radius 1 is 1.50 bits per heavy atom. The minimum atomic E-state index is 0.325. The molecule has 16 heavy (non-hydrogen) atoms. The fraction of sp³-hybridized carbons (Fsp3) is 0.923. The van der Waals surface area contributed by atoms with E-state index in [0.29, 0.717) is 24.3 Å². The van der Waals surface area contributed by atoms with Gasteiger partial charge in [-0.3, -0.25) is 4.79 Å². The van der Waals surface area contributed by atoms with Crippen molar-refractivity contribution in [3.8, 4) is 0 Å². The first kappa shape index (κ1) is 13.5. The van der Waals surface area contributed by atoms with Crippen molar-refractivity contribution in [3.05, 3.63) is 0 Å². The van der Waals surface area contributed by atoms with Crippen molar-refractivity contribution >= 4 is 5.91 Å². The van der Waals surface area contributed by atoms with Crippen LogP contribution in [0, 0.1) is 5.92 Å². The lowest BCUT2D eigenvalue weighted by atomic mass is 10.0. The van der Waals surface area contributed by atoms with Crippen molar-refractivity contribution in [2.75, 3.05) is 19.6 Å². The Bertz CT molecular complexity index is 212. The number of nitrogens with one attached hydrogen (secondary N) is 1. The molecule has 0 radical (unpaired) electrons. The van der Waals surface area contributed by atoms with Gasteiger partial charge in [0.05, 0.1) is 0 Å². The Hall–Kier alpha value is -0.570. The number of rotatable bonds is 6. The van der Waals surface area contributed by atoms with Gasteiger partial charge in [-0.2, -0.15) is 0 Å². The summed E-state index contributed by atoms with van der Waals surface area (Å²) in [4.78, 5) is 14.0. The average Bonchev–Trinajstić information content (AvgIpc) is 2.78. The highest BCUT2D eigenvalue weighted by atomic mass is 16.2. The van der Waals surface area contributed by atoms with Gasteiger partial charge < -0.3 is 10.2 Å². The zero-order valence-electron chi connectivity index (χ0n) is 11.0. The summed E-state index contributed by atoms with van der Waals surface area (Å²) in [6.07, 6.45) is 4.26. The molecular weight excluding hydrogens is 200 g/mol. The SMILES string of the molecule is CCC(C)CC(=O)N(CC)CC1CCCN1. The molecule has 0 aromatic rings. The number of carbonyl (C=O) groups excluding carboxylic acids is 1. The molecule has 1 amide bonds. The Morgan fingerprint density at radius 2 is 2.25 bits per heavy atom. The molecule has 0 bridgehead atoms. The van der Waals surface area contributed by atoms with Crippen molar-refractivity contribution in [1.82, 2.24) is 10.2 Å². The smallest absolute Gasteiger partial charge is 0.222 e. The predicted molar refractivity (Wildman–Crippen MR) is 67.4 cm³/mol. The highest BCUT2D eigenvalue weighted by molar-refractivity contribution is 5.76. The fourth-order valence-electron chi connectivity index (χ4n) is 2.16. The number of hydrogen-bond donors (Lipinski definition) is 1. The Morgan fingerprint density at radius 3 is 2.75 bits per heavy atom. The van der Waals surface area contributed by atoms with Crippen LogP contribution in [0.2, 0.25) is 0 Å². The third-order valence-electron chi connectivity index (χ3n) is 3.56. The summed E-state index contributed by atoms with van der Waals surface area (Å²) >= 11 is 0. The summed E-state index contributed by atoms with van der Waals surface area (Å²) in [7, 11) is 0. The van der Waals surface area contributed by atoms with Crippen LogP contribution in [0.5, 0.6) is 0 Å². The van der Waals surface area contributed by atoms with E-state index in [2.05, 4.69) is 26.1 Å². The molecule has 2 unspecified atom stereocenters. The van der Waals surface area contributed by atoms with Gasteiger partial charge in [-0.25, -0.2) is 0 Å². The standard InChI is InChI=1S/C13H26N2O/c1-4-11(3)9-13(16)15(5-2)10-12-7-6-8-14-12/h11-12,14H,4-10H2,1-3H3. The van der Waals surface area contributed by atoms with Crippen LogP contribution in [0.15, 0.2) is 0 Å². The molecule has 94 valence electrons. The van der Waals surface area contributed by atoms with Crippen LogP contribution in [0.3, 0.4) is 0 Å². The summed E-state index contributed by atoms with van der Waals surface area (Å²) in [5.74, 6) is 0.837. The van der Waals surface area contributed by atoms with E-state index in [1.54, 1.807) is 0 Å². The lowest BCUT2D eigenvalue weighted by Crippen LogP contribution is -2.41. The van der Waals surface area contributed by atoms with Crippen molar-refractivity contribution in [2.45, 2.75) is 52.5 Å². The van der Waals surface area contributed by atoms with Crippen LogP contribution in [-0.2, 0) is 4.79 Å². The van der Waals surface area contributed by atoms with Gasteiger partial charge in [-0.1, -0.05) is 20.3 Å². The van der Waals surface area contributed by atoms with Gasteiger partial charge in [0.2, 0.25) is 5.91 Å². The predicted octanol–water partition coefficient (Wildman–Crippen LogP) is 2.02. The van der Waals surface area contributed by atoms with E-state index in [1.165, 1.54) is 12.8 Å². The van der Waals surface area contributed by atoms with Crippen LogP contribution in [0.1, 0.15) is 46.5 Å². The fourth-order valence-corrected chi connectivity index (χ4v) is 2.16. The molecule has 1 N–H and O–H groups in total. The summed E-state index contributed by atoms with van der Waals surface area (Å²) in [5, 5.41) is 3.45. The topological polar surface area (TPSA) is 32.3 Å². The number of likely N-dealkylation sites (N-methyl/N-ethyl adjacent to an activating group) is 1. The molecule has 1 rings (SSSR count). The van der Waals surface area contributed by atoms with Gasteiger partial charge in [0.15, 0.2) is 0 Å². The third-order valence-corrected chi connectivity index (χ3v) is 3.56. The molecule has 1 saturated heterocycles. The summed E-state index contributed by atoms with van der Waals surface area (Å²) in [5.41, 5.74) is 0. The zero-order valence-corrected chi connectivity index (χ0v) is 11.0. The summed E-state index contributed by atoms with van der Waals surface area (Å²) in [6, 6.07) is 0.529. The lowest BCUT2D eigenvalue weighted by Gasteiger charge is -2.25. The van der Waals surface area contributed by atoms with Crippen LogP contribution in [0.25, 0.3) is 0 Å². The normalized spacial score (nSPS) is 22.1. The highest BCUT2D eigenvalue weighted by Crippen LogP contribution is 2.12. The third kappa shape index (κ3) is 4.12. The van der Waals surface area contributed by atoms with E-state index in [4.69, 9.17) is 0 Å². The first-order valence-corrected chi connectivity index (χ1v) is 6.68. The average molecular weight is 226 g/mol. The minimum Gasteiger partial charge on any atom is -0.341 e. The molecule has 1 heterocycles. The molecule has 1 aliphatic heterocycles. The van der Waals surface area contributed by atoms with Gasteiger partial charge in [0.25, 0.3) is 0 Å². The van der Waals surface area contributed by atoms with Gasteiger partial charge in [-0.15, -0.1) is 0 Å². The molecule has 3 heteroatoms. The van der Waals surface area contributed by atoms with E-state index in [1.807, 2.05) is 4.90 Å². The van der Waals surface area contributed by atoms with Crippen molar-refractivity contribution < 1.29 is 4.79 Å². The quantitative estimate of drug-likeness (QED) is 0.751. The maximum absolute atomic E-state index is 12.0. The molecule has 0 aliphatic carbocycles. The second-order valence-corrected chi connectivity index (χ2v) is 4.94. The van der Waals surface area contributed by atoms with E-state index in [-0.39, 0.29) is 0 Å². The van der Waals surface area contributed by atoms with Crippen LogP contribution in [-0.4, -0.2) is 36.5 Å². The summed E-state index contributed by atoms with van der Waals surface area (Å²) < 4.78 is 0. The van der Waals surface area contributed by atoms with Gasteiger partial charge >= 0.3 is 0 Å². The molecule has 2 atom stereocenters. The molecule has 3 nitrogen and oxygen atoms in total. The van der Waals surface area contributed by atoms with Crippen molar-refractivity contribution in [1.29, 1.82) is 0 Å². The monoisotopic (exact) mass is 226 g/mol. The van der Waals surface area contributed by atoms with Crippen LogP contribution >= 0.6 is 0 Å². The first-order chi connectivity index (χ1) is 7.67. The van der Waals surface area contributed by atoms with E-state index in [9.17, 15) is 4.79 Å². The highest BCUT2D eigenvalue weighted by Gasteiger charge is 2.20. The molecule has 1 fully saturated rings. The lowest BCUT2D eigenvalue weighted by molar-refractivity contribution is -0.132. The van der Waals surface area contributed by atoms with E-state index >= 15 is 0 Å². The second-order valence-electron chi connectivity index (χ2n) is 4.94. The van der Waals surface area contributed by atoms with Crippen LogP contribution < -0.4 is 5.32 Å². The Kier molecular flexibility index (Phi) is 5.81. The molecule has 0 spiro atoms. The summed E-state index contributed by atoms with van der Waals surface area (Å²) in [6.45, 7) is 9.22. The maximum atomic E-state index is 12.0. The van der Waals surface area contributed by atoms with Gasteiger partial charge in [0.1, 0.15) is 0 Å². The zero-order chi connectivity index (χ0) is 12.0. The molecule has 1 aliphatic rings. The van der Waals surface area contributed by atoms with Crippen molar-refractivity contribution in [2.24, 2.45) is 5.92 Å². The van der Waals surface area contributed by atoms with Gasteiger partial charge in [0, 0.05) is 25.6 Å². The molecule has 0 aromatic heterocycles. The number of amides is 1. The second kappa shape index (κ2) is 6.89. The van der Waals surface area contributed by atoms with Crippen molar-refractivity contribution in [3.63, 3.8) is 0 Å². The minimum absolute atomic E-state index is 0.325. The first-order valence-electron chi connectivity index (χ1n) is 6.68. The Labute approximate surface area is 99.6 Å². The number of nitrogens with zero attached hydrogens (tertiary/aromatic N) is 1. The largest absolute Gasteiger partial charge is 0.341 e. The molecule has 0 saturated carbocycles. The van der Waals surface area contributed by atoms with E-state index in [0.717, 1.165) is 26.1 Å². The van der Waals surface area contributed by atoms with Gasteiger partial charge in [-0.05, 0) is 32.2 Å². The number of hydrogen-bond acceptors (Lipinski definition) is 2. The van der Waals surface area contributed by atoms with E-state index < -0.39 is 0 Å². The number of carbonyl (C=O) groups is 1.